The molecule has 7 aromatic carbocycles. The zero-order valence-corrected chi connectivity index (χ0v) is 26.4. The van der Waals surface area contributed by atoms with Gasteiger partial charge in [-0.15, -0.1) is 0 Å². The van der Waals surface area contributed by atoms with Crippen LogP contribution in [0.2, 0.25) is 0 Å². The zero-order chi connectivity index (χ0) is 32.3. The van der Waals surface area contributed by atoms with Crippen LogP contribution in [0.15, 0.2) is 164 Å². The van der Waals surface area contributed by atoms with Gasteiger partial charge in [0, 0.05) is 21.8 Å². The molecule has 0 saturated carbocycles. The van der Waals surface area contributed by atoms with E-state index in [1.807, 2.05) is 12.1 Å². The molecule has 3 heterocycles. The maximum absolute atomic E-state index is 9.46. The lowest BCUT2D eigenvalue weighted by Gasteiger charge is -2.39. The Morgan fingerprint density at radius 2 is 1.16 bits per heavy atom. The van der Waals surface area contributed by atoms with Gasteiger partial charge in [0.05, 0.1) is 33.8 Å². The van der Waals surface area contributed by atoms with Gasteiger partial charge in [-0.1, -0.05) is 121 Å². The summed E-state index contributed by atoms with van der Waals surface area (Å²) in [5, 5.41) is 13.3. The fraction of sp³-hybridized carbons (Fsp3) is 0.0217. The zero-order valence-electron chi connectivity index (χ0n) is 26.4. The third kappa shape index (κ3) is 3.21. The molecule has 0 N–H and O–H groups in total. The average molecular weight is 622 g/mol. The number of hydrogen-bond acceptors (Lipinski definition) is 1. The van der Waals surface area contributed by atoms with Crippen molar-refractivity contribution in [1.82, 2.24) is 9.13 Å². The van der Waals surface area contributed by atoms with E-state index in [4.69, 9.17) is 0 Å². The van der Waals surface area contributed by atoms with Crippen molar-refractivity contribution in [3.8, 4) is 39.7 Å². The molecule has 1 aliphatic heterocycles. The number of aromatic nitrogens is 2. The number of nitriles is 1. The first-order chi connectivity index (χ1) is 24.3. The van der Waals surface area contributed by atoms with Crippen LogP contribution in [0.3, 0.4) is 0 Å². The first-order valence-electron chi connectivity index (χ1n) is 16.8. The molecule has 11 rings (SSSR count). The molecule has 0 bridgehead atoms. The van der Waals surface area contributed by atoms with Gasteiger partial charge in [0.25, 0.3) is 0 Å². The molecule has 9 aromatic rings. The van der Waals surface area contributed by atoms with Gasteiger partial charge in [-0.05, 0) is 87.0 Å². The summed E-state index contributed by atoms with van der Waals surface area (Å²) in [7, 11) is 0. The first-order valence-corrected chi connectivity index (χ1v) is 16.8. The van der Waals surface area contributed by atoms with Crippen LogP contribution in [0.4, 0.5) is 0 Å². The predicted molar refractivity (Wildman–Crippen MR) is 199 cm³/mol. The van der Waals surface area contributed by atoms with Crippen molar-refractivity contribution >= 4 is 32.8 Å². The Labute approximate surface area is 283 Å². The van der Waals surface area contributed by atoms with Gasteiger partial charge in [0.15, 0.2) is 0 Å². The van der Waals surface area contributed by atoms with Crippen LogP contribution < -0.4 is 0 Å². The molecule has 226 valence electrons. The topological polar surface area (TPSA) is 33.6 Å². The SMILES string of the molecule is N#Cc1ccc(-c2ccc3c(c2)C2(c4ccccc4-3)c3ccccc3-n3c4c2cccc4c2c4ccccc4n(-c4ccccc4)c23)cc1. The van der Waals surface area contributed by atoms with Gasteiger partial charge in [-0.25, -0.2) is 0 Å². The van der Waals surface area contributed by atoms with Gasteiger partial charge < -0.3 is 0 Å². The van der Waals surface area contributed by atoms with Crippen LogP contribution in [0.25, 0.3) is 66.5 Å². The summed E-state index contributed by atoms with van der Waals surface area (Å²) in [5.74, 6) is 0. The van der Waals surface area contributed by atoms with Crippen molar-refractivity contribution in [2.45, 2.75) is 5.41 Å². The van der Waals surface area contributed by atoms with Crippen LogP contribution in [0.1, 0.15) is 27.8 Å². The summed E-state index contributed by atoms with van der Waals surface area (Å²) in [6.07, 6.45) is 0. The minimum absolute atomic E-state index is 0.524. The Morgan fingerprint density at radius 3 is 2.02 bits per heavy atom. The molecule has 3 heteroatoms. The third-order valence-corrected chi connectivity index (χ3v) is 10.9. The van der Waals surface area contributed by atoms with E-state index >= 15 is 0 Å². The van der Waals surface area contributed by atoms with Gasteiger partial charge in [-0.3, -0.25) is 9.13 Å². The van der Waals surface area contributed by atoms with Crippen LogP contribution in [-0.4, -0.2) is 9.13 Å². The lowest BCUT2D eigenvalue weighted by Crippen LogP contribution is -2.33. The van der Waals surface area contributed by atoms with Crippen molar-refractivity contribution < 1.29 is 0 Å². The molecule has 49 heavy (non-hydrogen) atoms. The van der Waals surface area contributed by atoms with Crippen LogP contribution in [-0.2, 0) is 5.41 Å². The minimum Gasteiger partial charge on any atom is -0.295 e. The average Bonchev–Trinajstić information content (AvgIpc) is 3.79. The number of para-hydroxylation sites is 4. The molecule has 1 atom stereocenters. The second-order valence-corrected chi connectivity index (χ2v) is 13.2. The Morgan fingerprint density at radius 1 is 0.490 bits per heavy atom. The van der Waals surface area contributed by atoms with E-state index in [9.17, 15) is 5.26 Å². The van der Waals surface area contributed by atoms with Crippen LogP contribution >= 0.6 is 0 Å². The molecule has 0 amide bonds. The van der Waals surface area contributed by atoms with E-state index in [-0.39, 0.29) is 0 Å². The predicted octanol–water partition coefficient (Wildman–Crippen LogP) is 10.9. The van der Waals surface area contributed by atoms with Crippen molar-refractivity contribution in [3.63, 3.8) is 0 Å². The van der Waals surface area contributed by atoms with E-state index in [1.54, 1.807) is 0 Å². The second-order valence-electron chi connectivity index (χ2n) is 13.2. The monoisotopic (exact) mass is 621 g/mol. The van der Waals surface area contributed by atoms with Crippen molar-refractivity contribution in [3.05, 3.63) is 192 Å². The fourth-order valence-corrected chi connectivity index (χ4v) is 9.08. The quantitative estimate of drug-likeness (QED) is 0.189. The summed E-state index contributed by atoms with van der Waals surface area (Å²) in [6.45, 7) is 0. The van der Waals surface area contributed by atoms with Crippen molar-refractivity contribution in [1.29, 1.82) is 5.26 Å². The first kappa shape index (κ1) is 26.4. The standard InChI is InChI=1S/C46H27N3/c47-28-29-21-23-30(24-22-29)31-25-26-34-33-13-4-6-16-37(33)46(40(34)27-31)38-17-7-9-20-42(38)49-44-36(15-10-18-39(44)46)43-35-14-5-8-19-41(35)48(45(43)49)32-11-2-1-3-12-32/h1-27H. The Kier molecular flexibility index (Phi) is 5.11. The Balaban J connectivity index is 1.33. The summed E-state index contributed by atoms with van der Waals surface area (Å²) >= 11 is 0. The van der Waals surface area contributed by atoms with Gasteiger partial charge in [0.1, 0.15) is 5.65 Å². The smallest absolute Gasteiger partial charge is 0.131 e. The van der Waals surface area contributed by atoms with Gasteiger partial charge >= 0.3 is 0 Å². The molecule has 2 aliphatic rings. The Hall–Kier alpha value is -6.63. The molecule has 0 saturated heterocycles. The largest absolute Gasteiger partial charge is 0.295 e. The molecular weight excluding hydrogens is 595 g/mol. The summed E-state index contributed by atoms with van der Waals surface area (Å²) < 4.78 is 4.99. The van der Waals surface area contributed by atoms with Crippen LogP contribution in [0, 0.1) is 11.3 Å². The number of hydrogen-bond donors (Lipinski definition) is 0. The number of rotatable bonds is 2. The van der Waals surface area contributed by atoms with E-state index in [2.05, 4.69) is 167 Å². The molecule has 1 unspecified atom stereocenters. The van der Waals surface area contributed by atoms with Gasteiger partial charge in [-0.2, -0.15) is 5.26 Å². The fourth-order valence-electron chi connectivity index (χ4n) is 9.08. The van der Waals surface area contributed by atoms with E-state index in [1.165, 1.54) is 71.9 Å². The number of nitrogens with zero attached hydrogens (tertiary/aromatic N) is 3. The maximum atomic E-state index is 9.46. The maximum Gasteiger partial charge on any atom is 0.131 e. The van der Waals surface area contributed by atoms with Crippen molar-refractivity contribution in [2.24, 2.45) is 0 Å². The summed E-state index contributed by atoms with van der Waals surface area (Å²) in [5.41, 5.74) is 16.1. The molecule has 2 aromatic heterocycles. The van der Waals surface area contributed by atoms with Crippen LogP contribution in [0.5, 0.6) is 0 Å². The highest BCUT2D eigenvalue weighted by Crippen LogP contribution is 2.61. The van der Waals surface area contributed by atoms with E-state index < -0.39 is 5.41 Å². The number of fused-ring (bicyclic) bond motifs is 14. The summed E-state index contributed by atoms with van der Waals surface area (Å²) in [4.78, 5) is 0. The van der Waals surface area contributed by atoms with E-state index in [0.29, 0.717) is 5.56 Å². The lowest BCUT2D eigenvalue weighted by atomic mass is 9.65. The highest BCUT2D eigenvalue weighted by molar-refractivity contribution is 6.24. The molecule has 1 aliphatic carbocycles. The number of benzene rings is 7. The van der Waals surface area contributed by atoms with Crippen molar-refractivity contribution in [2.75, 3.05) is 0 Å². The van der Waals surface area contributed by atoms with Gasteiger partial charge in [0.2, 0.25) is 0 Å². The molecule has 3 nitrogen and oxygen atoms in total. The molecular formula is C46H27N3. The highest BCUT2D eigenvalue weighted by atomic mass is 15.1. The normalized spacial score (nSPS) is 15.4. The van der Waals surface area contributed by atoms with E-state index in [0.717, 1.165) is 16.8 Å². The minimum atomic E-state index is -0.524. The molecule has 0 fully saturated rings. The second kappa shape index (κ2) is 9.47. The lowest BCUT2D eigenvalue weighted by molar-refractivity contribution is 0.747. The highest BCUT2D eigenvalue weighted by Gasteiger charge is 2.51. The molecule has 0 radical (unpaired) electrons. The molecule has 1 spiro atoms. The summed E-state index contributed by atoms with van der Waals surface area (Å²) in [6, 6.07) is 61.7. The Bertz CT molecular complexity index is 2880. The third-order valence-electron chi connectivity index (χ3n) is 10.9.